The van der Waals surface area contributed by atoms with Crippen LogP contribution in [0.3, 0.4) is 0 Å². The monoisotopic (exact) mass is 278 g/mol. The number of nitrogens with zero attached hydrogens (tertiary/aromatic N) is 1. The van der Waals surface area contributed by atoms with Crippen molar-refractivity contribution in [1.82, 2.24) is 5.32 Å². The highest BCUT2D eigenvalue weighted by atomic mass is 35.5. The lowest BCUT2D eigenvalue weighted by Gasteiger charge is -2.23. The number of halogens is 1. The van der Waals surface area contributed by atoms with Crippen LogP contribution in [-0.2, 0) is 11.2 Å². The Hall–Kier alpha value is -1.06. The van der Waals surface area contributed by atoms with Gasteiger partial charge < -0.3 is 10.1 Å². The van der Waals surface area contributed by atoms with Crippen LogP contribution in [0.4, 0.5) is 0 Å². The van der Waals surface area contributed by atoms with Crippen LogP contribution in [0.25, 0.3) is 0 Å². The lowest BCUT2D eigenvalue weighted by molar-refractivity contribution is 0.204. The molecule has 0 spiro atoms. The topological polar surface area (TPSA) is 33.6 Å². The molecule has 1 atom stereocenters. The third-order valence-electron chi connectivity index (χ3n) is 3.80. The third kappa shape index (κ3) is 3.28. The predicted molar refractivity (Wildman–Crippen MR) is 77.9 cm³/mol. The number of nitrogens with one attached hydrogen (secondary N) is 1. The van der Waals surface area contributed by atoms with Gasteiger partial charge in [0, 0.05) is 17.4 Å². The summed E-state index contributed by atoms with van der Waals surface area (Å²) >= 11 is 5.89. The zero-order valence-corrected chi connectivity index (χ0v) is 11.7. The maximum atomic E-state index is 6.02. The van der Waals surface area contributed by atoms with Gasteiger partial charge in [-0.2, -0.15) is 0 Å². The Balaban J connectivity index is 1.54. The summed E-state index contributed by atoms with van der Waals surface area (Å²) in [5.41, 5.74) is 1.26. The van der Waals surface area contributed by atoms with E-state index in [2.05, 4.69) is 22.4 Å². The zero-order valence-electron chi connectivity index (χ0n) is 10.9. The van der Waals surface area contributed by atoms with Crippen molar-refractivity contribution in [2.75, 3.05) is 19.6 Å². The molecule has 3 nitrogen and oxygen atoms in total. The molecule has 19 heavy (non-hydrogen) atoms. The standard InChI is InChI=1S/C15H19ClN2O/c16-13-3-1-11(2-4-13)9-14-10-18-15(19-14)12-5-7-17-8-6-12/h1-4,12,14,17H,5-10H2. The number of aliphatic imine (C=N–C) groups is 1. The Morgan fingerprint density at radius 2 is 1.95 bits per heavy atom. The van der Waals surface area contributed by atoms with Gasteiger partial charge in [-0.25, -0.2) is 0 Å². The van der Waals surface area contributed by atoms with Crippen LogP contribution >= 0.6 is 11.6 Å². The molecule has 3 rings (SSSR count). The fourth-order valence-corrected chi connectivity index (χ4v) is 2.85. The molecule has 2 aliphatic heterocycles. The SMILES string of the molecule is Clc1ccc(CC2CN=C(C3CCNCC3)O2)cc1. The summed E-state index contributed by atoms with van der Waals surface area (Å²) in [4.78, 5) is 4.60. The highest BCUT2D eigenvalue weighted by molar-refractivity contribution is 6.30. The van der Waals surface area contributed by atoms with Crippen LogP contribution < -0.4 is 5.32 Å². The van der Waals surface area contributed by atoms with Crippen molar-refractivity contribution in [2.24, 2.45) is 10.9 Å². The van der Waals surface area contributed by atoms with Crippen LogP contribution in [0.2, 0.25) is 5.02 Å². The van der Waals surface area contributed by atoms with E-state index in [0.717, 1.165) is 49.8 Å². The molecule has 1 saturated heterocycles. The summed E-state index contributed by atoms with van der Waals surface area (Å²) in [6, 6.07) is 7.99. The van der Waals surface area contributed by atoms with Crippen LogP contribution in [0.1, 0.15) is 18.4 Å². The van der Waals surface area contributed by atoms with E-state index in [1.165, 1.54) is 5.56 Å². The molecule has 4 heteroatoms. The number of rotatable bonds is 3. The van der Waals surface area contributed by atoms with Gasteiger partial charge in [-0.15, -0.1) is 0 Å². The van der Waals surface area contributed by atoms with E-state index in [1.54, 1.807) is 0 Å². The lowest BCUT2D eigenvalue weighted by atomic mass is 9.98. The van der Waals surface area contributed by atoms with Crippen molar-refractivity contribution in [2.45, 2.75) is 25.4 Å². The van der Waals surface area contributed by atoms with Crippen molar-refractivity contribution in [1.29, 1.82) is 0 Å². The molecule has 0 radical (unpaired) electrons. The second kappa shape index (κ2) is 5.93. The van der Waals surface area contributed by atoms with Gasteiger partial charge in [-0.3, -0.25) is 4.99 Å². The molecule has 0 aliphatic carbocycles. The Morgan fingerprint density at radius 1 is 1.21 bits per heavy atom. The highest BCUT2D eigenvalue weighted by Crippen LogP contribution is 2.22. The molecule has 0 saturated carbocycles. The smallest absolute Gasteiger partial charge is 0.187 e. The first kappa shape index (κ1) is 12.9. The van der Waals surface area contributed by atoms with Crippen molar-refractivity contribution in [3.63, 3.8) is 0 Å². The van der Waals surface area contributed by atoms with E-state index < -0.39 is 0 Å². The molecule has 1 aromatic carbocycles. The fraction of sp³-hybridized carbons (Fsp3) is 0.533. The average Bonchev–Trinajstić information content (AvgIpc) is 2.91. The van der Waals surface area contributed by atoms with Crippen molar-refractivity contribution >= 4 is 17.5 Å². The molecule has 2 aliphatic rings. The normalized spacial score (nSPS) is 24.1. The molecular formula is C15H19ClN2O. The van der Waals surface area contributed by atoms with E-state index in [-0.39, 0.29) is 6.10 Å². The van der Waals surface area contributed by atoms with Crippen LogP contribution in [0, 0.1) is 5.92 Å². The van der Waals surface area contributed by atoms with Gasteiger partial charge in [-0.05, 0) is 43.6 Å². The highest BCUT2D eigenvalue weighted by Gasteiger charge is 2.27. The lowest BCUT2D eigenvalue weighted by Crippen LogP contribution is -2.32. The quantitative estimate of drug-likeness (QED) is 0.922. The fourth-order valence-electron chi connectivity index (χ4n) is 2.72. The Labute approximate surface area is 119 Å². The van der Waals surface area contributed by atoms with Crippen LogP contribution in [0.5, 0.6) is 0 Å². The molecule has 1 aromatic rings. The molecule has 1 fully saturated rings. The summed E-state index contributed by atoms with van der Waals surface area (Å²) in [6.45, 7) is 2.95. The van der Waals surface area contributed by atoms with E-state index in [9.17, 15) is 0 Å². The number of hydrogen-bond acceptors (Lipinski definition) is 3. The first-order valence-electron chi connectivity index (χ1n) is 6.97. The molecule has 0 bridgehead atoms. The molecule has 1 N–H and O–H groups in total. The number of piperidine rings is 1. The minimum atomic E-state index is 0.200. The van der Waals surface area contributed by atoms with E-state index in [1.807, 2.05) is 12.1 Å². The summed E-state index contributed by atoms with van der Waals surface area (Å²) in [5.74, 6) is 1.51. The minimum absolute atomic E-state index is 0.200. The average molecular weight is 279 g/mol. The molecule has 0 aromatic heterocycles. The van der Waals surface area contributed by atoms with Gasteiger partial charge in [0.2, 0.25) is 0 Å². The summed E-state index contributed by atoms with van der Waals surface area (Å²) in [5, 5.41) is 4.15. The van der Waals surface area contributed by atoms with E-state index in [4.69, 9.17) is 16.3 Å². The maximum absolute atomic E-state index is 6.02. The van der Waals surface area contributed by atoms with Gasteiger partial charge in [0.15, 0.2) is 5.90 Å². The Bertz CT molecular complexity index is 452. The second-order valence-electron chi connectivity index (χ2n) is 5.27. The first-order valence-corrected chi connectivity index (χ1v) is 7.35. The van der Waals surface area contributed by atoms with E-state index in [0.29, 0.717) is 5.92 Å². The van der Waals surface area contributed by atoms with E-state index >= 15 is 0 Å². The zero-order chi connectivity index (χ0) is 13.1. The number of ether oxygens (including phenoxy) is 1. The molecule has 1 unspecified atom stereocenters. The summed E-state index contributed by atoms with van der Waals surface area (Å²) in [7, 11) is 0. The Kier molecular flexibility index (Phi) is 4.04. The molecule has 2 heterocycles. The second-order valence-corrected chi connectivity index (χ2v) is 5.71. The minimum Gasteiger partial charge on any atom is -0.475 e. The number of benzene rings is 1. The molecule has 102 valence electrons. The van der Waals surface area contributed by atoms with Crippen molar-refractivity contribution in [3.8, 4) is 0 Å². The van der Waals surface area contributed by atoms with Crippen LogP contribution in [-0.4, -0.2) is 31.6 Å². The van der Waals surface area contributed by atoms with Gasteiger partial charge in [0.1, 0.15) is 6.10 Å². The van der Waals surface area contributed by atoms with Crippen molar-refractivity contribution in [3.05, 3.63) is 34.9 Å². The summed E-state index contributed by atoms with van der Waals surface area (Å²) < 4.78 is 6.02. The van der Waals surface area contributed by atoms with Gasteiger partial charge >= 0.3 is 0 Å². The van der Waals surface area contributed by atoms with Gasteiger partial charge in [0.25, 0.3) is 0 Å². The number of hydrogen-bond donors (Lipinski definition) is 1. The van der Waals surface area contributed by atoms with Crippen LogP contribution in [0.15, 0.2) is 29.3 Å². The summed E-state index contributed by atoms with van der Waals surface area (Å²) in [6.07, 6.45) is 3.40. The van der Waals surface area contributed by atoms with Crippen molar-refractivity contribution < 1.29 is 4.74 Å². The Morgan fingerprint density at radius 3 is 2.68 bits per heavy atom. The van der Waals surface area contributed by atoms with Gasteiger partial charge in [-0.1, -0.05) is 23.7 Å². The predicted octanol–water partition coefficient (Wildman–Crippen LogP) is 2.68. The maximum Gasteiger partial charge on any atom is 0.187 e. The largest absolute Gasteiger partial charge is 0.475 e. The molecule has 0 amide bonds. The first-order chi connectivity index (χ1) is 9.31. The van der Waals surface area contributed by atoms with Gasteiger partial charge in [0.05, 0.1) is 6.54 Å². The third-order valence-corrected chi connectivity index (χ3v) is 4.06. The molecular weight excluding hydrogens is 260 g/mol.